The SMILES string of the molecule is NS(=O)(=O)Oc1cc(F)c(F)cc1Cl. The summed E-state index contributed by atoms with van der Waals surface area (Å²) in [6.07, 6.45) is 0. The first-order valence-electron chi connectivity index (χ1n) is 3.16. The summed E-state index contributed by atoms with van der Waals surface area (Å²) in [5.41, 5.74) is 0. The van der Waals surface area contributed by atoms with Gasteiger partial charge in [0.1, 0.15) is 0 Å². The van der Waals surface area contributed by atoms with E-state index in [9.17, 15) is 17.2 Å². The smallest absolute Gasteiger partial charge is 0.369 e. The van der Waals surface area contributed by atoms with Gasteiger partial charge in [-0.2, -0.15) is 13.6 Å². The molecule has 0 bridgehead atoms. The van der Waals surface area contributed by atoms with Gasteiger partial charge in [-0.15, -0.1) is 0 Å². The van der Waals surface area contributed by atoms with Crippen LogP contribution in [0.1, 0.15) is 0 Å². The Labute approximate surface area is 83.5 Å². The largest absolute Gasteiger partial charge is 0.380 e. The first-order chi connectivity index (χ1) is 6.29. The molecule has 0 heterocycles. The minimum absolute atomic E-state index is 0.391. The molecule has 1 rings (SSSR count). The summed E-state index contributed by atoms with van der Waals surface area (Å²) in [5, 5.41) is 4.11. The van der Waals surface area contributed by atoms with Crippen molar-refractivity contribution in [3.8, 4) is 5.75 Å². The zero-order chi connectivity index (χ0) is 10.9. The molecule has 1 aromatic rings. The summed E-state index contributed by atoms with van der Waals surface area (Å²) in [6.45, 7) is 0. The molecule has 0 aliphatic carbocycles. The monoisotopic (exact) mass is 243 g/mol. The highest BCUT2D eigenvalue weighted by Crippen LogP contribution is 2.27. The lowest BCUT2D eigenvalue weighted by Gasteiger charge is -2.04. The fourth-order valence-corrected chi connectivity index (χ4v) is 1.32. The minimum Gasteiger partial charge on any atom is -0.369 e. The standard InChI is InChI=1S/C6H4ClF2NO3S/c7-3-1-4(8)5(9)2-6(3)13-14(10,11)12/h1-2H,(H2,10,11,12). The van der Waals surface area contributed by atoms with E-state index in [1.807, 2.05) is 0 Å². The van der Waals surface area contributed by atoms with Crippen molar-refractivity contribution in [1.29, 1.82) is 0 Å². The molecule has 0 amide bonds. The van der Waals surface area contributed by atoms with Crippen molar-refractivity contribution in [3.63, 3.8) is 0 Å². The molecule has 0 saturated heterocycles. The van der Waals surface area contributed by atoms with Crippen molar-refractivity contribution < 1.29 is 21.4 Å². The van der Waals surface area contributed by atoms with Gasteiger partial charge in [-0.25, -0.2) is 8.78 Å². The van der Waals surface area contributed by atoms with Crippen LogP contribution in [0.15, 0.2) is 12.1 Å². The summed E-state index contributed by atoms with van der Waals surface area (Å²) in [4.78, 5) is 0. The zero-order valence-electron chi connectivity index (χ0n) is 6.50. The number of benzene rings is 1. The summed E-state index contributed by atoms with van der Waals surface area (Å²) in [6, 6.07) is 1.07. The Morgan fingerprint density at radius 3 is 2.29 bits per heavy atom. The third-order valence-electron chi connectivity index (χ3n) is 1.18. The molecule has 0 radical (unpaired) electrons. The van der Waals surface area contributed by atoms with Gasteiger partial charge in [-0.05, 0) is 6.07 Å². The molecule has 0 aliphatic heterocycles. The van der Waals surface area contributed by atoms with Crippen LogP contribution in [-0.4, -0.2) is 8.42 Å². The molecule has 0 saturated carbocycles. The van der Waals surface area contributed by atoms with E-state index in [0.717, 1.165) is 0 Å². The molecule has 2 N–H and O–H groups in total. The lowest BCUT2D eigenvalue weighted by molar-refractivity contribution is 0.473. The number of hydrogen-bond donors (Lipinski definition) is 1. The molecule has 0 unspecified atom stereocenters. The Hall–Kier alpha value is -0.920. The molecule has 1 aromatic carbocycles. The Morgan fingerprint density at radius 1 is 1.29 bits per heavy atom. The summed E-state index contributed by atoms with van der Waals surface area (Å²) < 4.78 is 50.0. The second-order valence-corrected chi connectivity index (χ2v) is 3.83. The van der Waals surface area contributed by atoms with Crippen LogP contribution in [0.25, 0.3) is 0 Å². The molecule has 0 fully saturated rings. The highest BCUT2D eigenvalue weighted by Gasteiger charge is 2.13. The summed E-state index contributed by atoms with van der Waals surface area (Å²) in [5.74, 6) is -3.06. The topological polar surface area (TPSA) is 69.4 Å². The van der Waals surface area contributed by atoms with E-state index in [1.54, 1.807) is 0 Å². The van der Waals surface area contributed by atoms with Crippen LogP contribution >= 0.6 is 11.6 Å². The van der Waals surface area contributed by atoms with Crippen molar-refractivity contribution in [3.05, 3.63) is 28.8 Å². The molecule has 4 nitrogen and oxygen atoms in total. The molecule has 8 heteroatoms. The van der Waals surface area contributed by atoms with Crippen molar-refractivity contribution in [2.24, 2.45) is 5.14 Å². The quantitative estimate of drug-likeness (QED) is 0.794. The number of nitrogens with two attached hydrogens (primary N) is 1. The van der Waals surface area contributed by atoms with Gasteiger partial charge < -0.3 is 4.18 Å². The van der Waals surface area contributed by atoms with Crippen LogP contribution in [-0.2, 0) is 10.3 Å². The highest BCUT2D eigenvalue weighted by atomic mass is 35.5. The van der Waals surface area contributed by atoms with E-state index in [4.69, 9.17) is 11.6 Å². The maximum atomic E-state index is 12.6. The first-order valence-corrected chi connectivity index (χ1v) is 5.01. The second kappa shape index (κ2) is 3.68. The van der Waals surface area contributed by atoms with E-state index in [1.165, 1.54) is 0 Å². The van der Waals surface area contributed by atoms with Gasteiger partial charge in [-0.3, -0.25) is 0 Å². The highest BCUT2D eigenvalue weighted by molar-refractivity contribution is 7.84. The maximum absolute atomic E-state index is 12.6. The predicted molar refractivity (Wildman–Crippen MR) is 45.1 cm³/mol. The second-order valence-electron chi connectivity index (χ2n) is 2.27. The molecule has 0 spiro atoms. The molecular formula is C6H4ClF2NO3S. The van der Waals surface area contributed by atoms with Crippen LogP contribution in [0.3, 0.4) is 0 Å². The van der Waals surface area contributed by atoms with Crippen molar-refractivity contribution >= 4 is 21.9 Å². The lowest BCUT2D eigenvalue weighted by atomic mass is 10.3. The van der Waals surface area contributed by atoms with Gasteiger partial charge in [0.25, 0.3) is 0 Å². The van der Waals surface area contributed by atoms with Crippen molar-refractivity contribution in [1.82, 2.24) is 0 Å². The number of hydrogen-bond acceptors (Lipinski definition) is 3. The van der Waals surface area contributed by atoms with Gasteiger partial charge in [0.2, 0.25) is 0 Å². The lowest BCUT2D eigenvalue weighted by Crippen LogP contribution is -2.19. The molecule has 78 valence electrons. The third kappa shape index (κ3) is 2.79. The number of rotatable bonds is 2. The van der Waals surface area contributed by atoms with Gasteiger partial charge in [-0.1, -0.05) is 11.6 Å². The van der Waals surface area contributed by atoms with Crippen LogP contribution in [0, 0.1) is 11.6 Å². The molecule has 0 atom stereocenters. The predicted octanol–water partition coefficient (Wildman–Crippen LogP) is 1.20. The van der Waals surface area contributed by atoms with Crippen molar-refractivity contribution in [2.75, 3.05) is 0 Å². The fourth-order valence-electron chi connectivity index (χ4n) is 0.693. The Balaban J connectivity index is 3.17. The Morgan fingerprint density at radius 2 is 1.79 bits per heavy atom. The Bertz CT molecular complexity index is 462. The first kappa shape index (κ1) is 11.2. The van der Waals surface area contributed by atoms with Crippen molar-refractivity contribution in [2.45, 2.75) is 0 Å². The van der Waals surface area contributed by atoms with E-state index in [-0.39, 0.29) is 0 Å². The van der Waals surface area contributed by atoms with Crippen LogP contribution in [0.4, 0.5) is 8.78 Å². The minimum atomic E-state index is -4.30. The van der Waals surface area contributed by atoms with Gasteiger partial charge in [0, 0.05) is 6.07 Å². The summed E-state index contributed by atoms with van der Waals surface area (Å²) in [7, 11) is -4.30. The van der Waals surface area contributed by atoms with Gasteiger partial charge in [0.15, 0.2) is 17.4 Å². The third-order valence-corrected chi connectivity index (χ3v) is 1.89. The van der Waals surface area contributed by atoms with Crippen LogP contribution < -0.4 is 9.32 Å². The van der Waals surface area contributed by atoms with E-state index in [2.05, 4.69) is 9.32 Å². The van der Waals surface area contributed by atoms with E-state index >= 15 is 0 Å². The van der Waals surface area contributed by atoms with E-state index < -0.39 is 32.7 Å². The van der Waals surface area contributed by atoms with E-state index in [0.29, 0.717) is 12.1 Å². The molecule has 0 aliphatic rings. The molecule has 14 heavy (non-hydrogen) atoms. The Kier molecular flexibility index (Phi) is 2.93. The van der Waals surface area contributed by atoms with Gasteiger partial charge >= 0.3 is 10.3 Å². The van der Waals surface area contributed by atoms with Gasteiger partial charge in [0.05, 0.1) is 5.02 Å². The fraction of sp³-hybridized carbons (Fsp3) is 0. The molecule has 0 aromatic heterocycles. The average Bonchev–Trinajstić information content (AvgIpc) is 1.97. The molecular weight excluding hydrogens is 240 g/mol. The summed E-state index contributed by atoms with van der Waals surface area (Å²) >= 11 is 5.36. The van der Waals surface area contributed by atoms with Crippen LogP contribution in [0.5, 0.6) is 5.75 Å². The zero-order valence-corrected chi connectivity index (χ0v) is 8.07. The normalized spacial score (nSPS) is 11.4. The number of halogens is 3. The maximum Gasteiger partial charge on any atom is 0.380 e. The average molecular weight is 244 g/mol. The van der Waals surface area contributed by atoms with Crippen LogP contribution in [0.2, 0.25) is 5.02 Å².